The van der Waals surface area contributed by atoms with E-state index in [1.807, 2.05) is 0 Å². The van der Waals surface area contributed by atoms with Gasteiger partial charge in [0.15, 0.2) is 0 Å². The van der Waals surface area contributed by atoms with Crippen molar-refractivity contribution in [3.63, 3.8) is 0 Å². The number of carbonyl (C=O) groups excluding carboxylic acids is 2. The first kappa shape index (κ1) is 68.8. The van der Waals surface area contributed by atoms with Gasteiger partial charge in [0.05, 0.1) is 6.10 Å². The molecular formula is C66H129NO3. The highest BCUT2D eigenvalue weighted by Gasteiger charge is 2.08. The van der Waals surface area contributed by atoms with Crippen molar-refractivity contribution < 1.29 is 14.7 Å². The van der Waals surface area contributed by atoms with Crippen molar-refractivity contribution in [1.82, 2.24) is 5.32 Å². The zero-order valence-corrected chi connectivity index (χ0v) is 48.2. The van der Waals surface area contributed by atoms with Gasteiger partial charge in [-0.2, -0.15) is 0 Å². The summed E-state index contributed by atoms with van der Waals surface area (Å²) in [4.78, 5) is 24.5. The molecule has 0 aliphatic carbocycles. The fourth-order valence-corrected chi connectivity index (χ4v) is 10.5. The Labute approximate surface area is 440 Å². The van der Waals surface area contributed by atoms with Crippen molar-refractivity contribution in [2.24, 2.45) is 0 Å². The molecule has 0 saturated carbocycles. The predicted octanol–water partition coefficient (Wildman–Crippen LogP) is 22.3. The number of aliphatic hydroxyl groups is 1. The molecule has 0 spiro atoms. The van der Waals surface area contributed by atoms with Crippen LogP contribution >= 0.6 is 0 Å². The van der Waals surface area contributed by atoms with Crippen molar-refractivity contribution in [1.29, 1.82) is 0 Å². The number of unbranched alkanes of at least 4 members (excludes halogenated alkanes) is 50. The molecule has 0 aromatic carbocycles. The van der Waals surface area contributed by atoms with E-state index in [0.29, 0.717) is 18.7 Å². The fourth-order valence-electron chi connectivity index (χ4n) is 10.5. The van der Waals surface area contributed by atoms with Crippen LogP contribution in [0.2, 0.25) is 0 Å². The lowest BCUT2D eigenvalue weighted by Crippen LogP contribution is -2.31. The highest BCUT2D eigenvalue weighted by atomic mass is 16.3. The van der Waals surface area contributed by atoms with Crippen molar-refractivity contribution in [2.75, 3.05) is 6.54 Å². The van der Waals surface area contributed by atoms with Gasteiger partial charge in [0, 0.05) is 25.8 Å². The zero-order valence-electron chi connectivity index (χ0n) is 48.2. The van der Waals surface area contributed by atoms with E-state index in [4.69, 9.17) is 0 Å². The van der Waals surface area contributed by atoms with Crippen molar-refractivity contribution in [3.8, 4) is 0 Å². The third-order valence-corrected chi connectivity index (χ3v) is 15.5. The first-order valence-corrected chi connectivity index (χ1v) is 32.7. The standard InChI is InChI=1S/C66H129NO3/c1-3-5-7-9-11-13-15-17-32-36-39-43-47-51-55-59-64(68)60-56-52-48-44-40-37-33-30-28-26-24-22-20-19-21-23-25-27-29-31-34-38-42-46-50-54-58-62-66(70)67-63-65(69)61-57-53-49-45-41-35-18-16-14-12-10-8-6-4-2/h17,32,65,69H,3-16,18-31,33-63H2,1-2H3,(H,67,70). The lowest BCUT2D eigenvalue weighted by molar-refractivity contribution is -0.121. The number of nitrogens with one attached hydrogen (secondary N) is 1. The maximum atomic E-state index is 12.3. The summed E-state index contributed by atoms with van der Waals surface area (Å²) in [5.74, 6) is 0.630. The van der Waals surface area contributed by atoms with Crippen LogP contribution in [0.5, 0.6) is 0 Å². The Morgan fingerprint density at radius 3 is 0.829 bits per heavy atom. The summed E-state index contributed by atoms with van der Waals surface area (Å²) in [5, 5.41) is 13.3. The Morgan fingerprint density at radius 2 is 0.543 bits per heavy atom. The number of allylic oxidation sites excluding steroid dienone is 2. The van der Waals surface area contributed by atoms with Crippen LogP contribution in [0.1, 0.15) is 386 Å². The first-order chi connectivity index (χ1) is 34.6. The quantitative estimate of drug-likeness (QED) is 0.0471. The number of rotatable bonds is 62. The van der Waals surface area contributed by atoms with Gasteiger partial charge in [-0.1, -0.05) is 328 Å². The number of aliphatic hydroxyl groups excluding tert-OH is 1. The topological polar surface area (TPSA) is 66.4 Å². The molecule has 4 heteroatoms. The summed E-state index contributed by atoms with van der Waals surface area (Å²) in [6, 6.07) is 0. The molecule has 0 aliphatic heterocycles. The van der Waals surface area contributed by atoms with E-state index in [0.717, 1.165) is 51.4 Å². The predicted molar refractivity (Wildman–Crippen MR) is 312 cm³/mol. The van der Waals surface area contributed by atoms with E-state index in [-0.39, 0.29) is 5.91 Å². The summed E-state index contributed by atoms with van der Waals surface area (Å²) < 4.78 is 0. The van der Waals surface area contributed by atoms with Crippen molar-refractivity contribution in [2.45, 2.75) is 392 Å². The summed E-state index contributed by atoms with van der Waals surface area (Å²) in [6.45, 7) is 4.99. The fraction of sp³-hybridized carbons (Fsp3) is 0.939. The Bertz CT molecular complexity index is 1020. The maximum absolute atomic E-state index is 12.3. The minimum Gasteiger partial charge on any atom is -0.391 e. The summed E-state index contributed by atoms with van der Waals surface area (Å²) in [5.41, 5.74) is 0. The number of Topliss-reactive ketones (excluding diaryl/α,β-unsaturated/α-hetero) is 1. The van der Waals surface area contributed by atoms with E-state index in [1.54, 1.807) is 0 Å². The molecule has 0 rings (SSSR count). The van der Waals surface area contributed by atoms with Crippen LogP contribution in [-0.2, 0) is 9.59 Å². The van der Waals surface area contributed by atoms with Crippen molar-refractivity contribution >= 4 is 11.7 Å². The Morgan fingerprint density at radius 1 is 0.314 bits per heavy atom. The molecule has 1 unspecified atom stereocenters. The van der Waals surface area contributed by atoms with Crippen LogP contribution in [0.15, 0.2) is 12.2 Å². The smallest absolute Gasteiger partial charge is 0.220 e. The molecule has 416 valence electrons. The number of hydrogen-bond donors (Lipinski definition) is 2. The van der Waals surface area contributed by atoms with Crippen LogP contribution < -0.4 is 5.32 Å². The van der Waals surface area contributed by atoms with Crippen LogP contribution in [-0.4, -0.2) is 29.4 Å². The Balaban J connectivity index is 3.23. The number of hydrogen-bond acceptors (Lipinski definition) is 3. The molecule has 0 heterocycles. The van der Waals surface area contributed by atoms with Gasteiger partial charge >= 0.3 is 0 Å². The molecule has 0 saturated heterocycles. The molecule has 0 radical (unpaired) electrons. The van der Waals surface area contributed by atoms with Gasteiger partial charge in [-0.05, 0) is 51.4 Å². The van der Waals surface area contributed by atoms with Crippen molar-refractivity contribution in [3.05, 3.63) is 12.2 Å². The SMILES string of the molecule is CCCCCCCCC=CCCCCCCCC(=O)CCCCCCCCCCCCCCCCCCCCCCCCCCCCCC(=O)NCC(O)CCCCCCCCCCCCCCCC. The van der Waals surface area contributed by atoms with Gasteiger partial charge in [-0.15, -0.1) is 0 Å². The average Bonchev–Trinajstić information content (AvgIpc) is 3.36. The van der Waals surface area contributed by atoms with E-state index < -0.39 is 6.10 Å². The van der Waals surface area contributed by atoms with E-state index in [2.05, 4.69) is 31.3 Å². The maximum Gasteiger partial charge on any atom is 0.220 e. The molecule has 0 aliphatic rings. The highest BCUT2D eigenvalue weighted by molar-refractivity contribution is 5.78. The van der Waals surface area contributed by atoms with E-state index in [1.165, 1.54) is 315 Å². The second kappa shape index (κ2) is 62.1. The van der Waals surface area contributed by atoms with E-state index in [9.17, 15) is 14.7 Å². The normalized spacial score (nSPS) is 12.2. The summed E-state index contributed by atoms with van der Waals surface area (Å²) >= 11 is 0. The van der Waals surface area contributed by atoms with Gasteiger partial charge in [0.2, 0.25) is 5.91 Å². The van der Waals surface area contributed by atoms with Gasteiger partial charge in [-0.3, -0.25) is 9.59 Å². The first-order valence-electron chi connectivity index (χ1n) is 32.7. The molecule has 0 aromatic heterocycles. The van der Waals surface area contributed by atoms with Crippen LogP contribution in [0.25, 0.3) is 0 Å². The summed E-state index contributed by atoms with van der Waals surface area (Å²) in [7, 11) is 0. The molecule has 1 amide bonds. The zero-order chi connectivity index (χ0) is 50.6. The molecule has 2 N–H and O–H groups in total. The largest absolute Gasteiger partial charge is 0.391 e. The van der Waals surface area contributed by atoms with Crippen LogP contribution in [0.3, 0.4) is 0 Å². The lowest BCUT2D eigenvalue weighted by atomic mass is 10.0. The Hall–Kier alpha value is -1.16. The van der Waals surface area contributed by atoms with E-state index >= 15 is 0 Å². The lowest BCUT2D eigenvalue weighted by Gasteiger charge is -2.12. The molecular weight excluding hydrogens is 855 g/mol. The molecule has 0 aromatic rings. The molecule has 1 atom stereocenters. The molecule has 0 bridgehead atoms. The molecule has 70 heavy (non-hydrogen) atoms. The van der Waals surface area contributed by atoms with Crippen LogP contribution in [0, 0.1) is 0 Å². The van der Waals surface area contributed by atoms with Gasteiger partial charge in [-0.25, -0.2) is 0 Å². The monoisotopic (exact) mass is 984 g/mol. The second-order valence-electron chi connectivity index (χ2n) is 22.8. The minimum absolute atomic E-state index is 0.116. The third kappa shape index (κ3) is 61.1. The average molecular weight is 985 g/mol. The molecule has 0 fully saturated rings. The minimum atomic E-state index is -0.391. The third-order valence-electron chi connectivity index (χ3n) is 15.5. The summed E-state index contributed by atoms with van der Waals surface area (Å²) in [6.07, 6.45) is 80.3. The van der Waals surface area contributed by atoms with Gasteiger partial charge in [0.25, 0.3) is 0 Å². The second-order valence-corrected chi connectivity index (χ2v) is 22.8. The van der Waals surface area contributed by atoms with Gasteiger partial charge in [0.1, 0.15) is 5.78 Å². The highest BCUT2D eigenvalue weighted by Crippen LogP contribution is 2.19. The van der Waals surface area contributed by atoms with Crippen LogP contribution in [0.4, 0.5) is 0 Å². The number of ketones is 1. The number of carbonyl (C=O) groups is 2. The molecule has 4 nitrogen and oxygen atoms in total. The Kier molecular flexibility index (Phi) is 61.1. The number of amides is 1. The van der Waals surface area contributed by atoms with Gasteiger partial charge < -0.3 is 10.4 Å².